The molecule has 3 N–H and O–H groups in total. The summed E-state index contributed by atoms with van der Waals surface area (Å²) >= 11 is 6.10. The number of benzene rings is 1. The standard InChI is InChI=1S/C16H25ClN4O2S/c1-3-18-15(19-9-10-21-24(2,22)23)20-12-16(7-8-16)13-5-4-6-14(17)11-13/h4-6,11,21H,3,7-10,12H2,1-2H3,(H2,18,19,20). The first-order valence-electron chi connectivity index (χ1n) is 8.07. The number of nitrogens with zero attached hydrogens (tertiary/aromatic N) is 1. The molecule has 1 aliphatic carbocycles. The molecule has 8 heteroatoms. The quantitative estimate of drug-likeness (QED) is 0.366. The van der Waals surface area contributed by atoms with E-state index >= 15 is 0 Å². The summed E-state index contributed by atoms with van der Waals surface area (Å²) in [5.41, 5.74) is 1.31. The van der Waals surface area contributed by atoms with Crippen LogP contribution < -0.4 is 15.4 Å². The third-order valence-corrected chi connectivity index (χ3v) is 4.92. The number of hydrogen-bond donors (Lipinski definition) is 3. The van der Waals surface area contributed by atoms with Crippen molar-refractivity contribution < 1.29 is 8.42 Å². The van der Waals surface area contributed by atoms with E-state index in [1.807, 2.05) is 25.1 Å². The van der Waals surface area contributed by atoms with E-state index < -0.39 is 10.0 Å². The van der Waals surface area contributed by atoms with Crippen molar-refractivity contribution >= 4 is 27.6 Å². The Balaban J connectivity index is 1.93. The lowest BCUT2D eigenvalue weighted by Gasteiger charge is -2.16. The molecule has 134 valence electrons. The number of guanidine groups is 1. The van der Waals surface area contributed by atoms with Crippen LogP contribution in [-0.2, 0) is 15.4 Å². The smallest absolute Gasteiger partial charge is 0.208 e. The first-order valence-corrected chi connectivity index (χ1v) is 10.3. The van der Waals surface area contributed by atoms with Crippen LogP contribution in [0.2, 0.25) is 5.02 Å². The van der Waals surface area contributed by atoms with Gasteiger partial charge in [-0.05, 0) is 37.5 Å². The van der Waals surface area contributed by atoms with E-state index in [0.717, 1.165) is 30.7 Å². The molecule has 24 heavy (non-hydrogen) atoms. The zero-order valence-corrected chi connectivity index (χ0v) is 15.7. The van der Waals surface area contributed by atoms with Gasteiger partial charge in [0.25, 0.3) is 0 Å². The first kappa shape index (κ1) is 19.0. The highest BCUT2D eigenvalue weighted by Gasteiger charge is 2.44. The minimum atomic E-state index is -3.16. The Morgan fingerprint density at radius 2 is 2.04 bits per heavy atom. The molecule has 2 rings (SSSR count). The van der Waals surface area contributed by atoms with Crippen molar-refractivity contribution in [3.05, 3.63) is 34.9 Å². The van der Waals surface area contributed by atoms with Gasteiger partial charge in [0.2, 0.25) is 10.0 Å². The molecule has 1 fully saturated rings. The minimum Gasteiger partial charge on any atom is -0.357 e. The summed E-state index contributed by atoms with van der Waals surface area (Å²) in [6, 6.07) is 7.97. The van der Waals surface area contributed by atoms with Gasteiger partial charge in [-0.3, -0.25) is 4.99 Å². The Morgan fingerprint density at radius 3 is 2.62 bits per heavy atom. The predicted molar refractivity (Wildman–Crippen MR) is 99.2 cm³/mol. The molecule has 1 saturated carbocycles. The Labute approximate surface area is 149 Å². The normalized spacial score (nSPS) is 16.7. The second-order valence-corrected chi connectivity index (χ2v) is 8.35. The van der Waals surface area contributed by atoms with E-state index in [1.165, 1.54) is 5.56 Å². The van der Waals surface area contributed by atoms with Crippen LogP contribution in [0.4, 0.5) is 0 Å². The summed E-state index contributed by atoms with van der Waals surface area (Å²) in [6.07, 6.45) is 3.35. The third-order valence-electron chi connectivity index (χ3n) is 3.96. The summed E-state index contributed by atoms with van der Waals surface area (Å²) in [4.78, 5) is 4.66. The minimum absolute atomic E-state index is 0.0816. The molecule has 0 radical (unpaired) electrons. The molecule has 0 heterocycles. The third kappa shape index (κ3) is 5.96. The molecule has 0 aliphatic heterocycles. The molecule has 0 saturated heterocycles. The SMILES string of the molecule is CCNC(=NCC1(c2cccc(Cl)c2)CC1)NCCNS(C)(=O)=O. The van der Waals surface area contributed by atoms with Gasteiger partial charge in [0, 0.05) is 30.1 Å². The first-order chi connectivity index (χ1) is 11.3. The Bertz CT molecular complexity index is 687. The molecule has 0 aromatic heterocycles. The van der Waals surface area contributed by atoms with E-state index in [-0.39, 0.29) is 5.41 Å². The number of rotatable bonds is 8. The Kier molecular flexibility index (Phi) is 6.48. The average molecular weight is 373 g/mol. The van der Waals surface area contributed by atoms with Crippen LogP contribution >= 0.6 is 11.6 Å². The van der Waals surface area contributed by atoms with Gasteiger partial charge in [-0.1, -0.05) is 23.7 Å². The Morgan fingerprint density at radius 1 is 1.29 bits per heavy atom. The second kappa shape index (κ2) is 8.18. The molecular formula is C16H25ClN4O2S. The molecule has 0 amide bonds. The van der Waals surface area contributed by atoms with Gasteiger partial charge in [-0.2, -0.15) is 0 Å². The Hall–Kier alpha value is -1.31. The molecule has 6 nitrogen and oxygen atoms in total. The number of hydrogen-bond acceptors (Lipinski definition) is 3. The topological polar surface area (TPSA) is 82.6 Å². The molecule has 0 atom stereocenters. The monoisotopic (exact) mass is 372 g/mol. The van der Waals surface area contributed by atoms with E-state index in [1.54, 1.807) is 0 Å². The number of halogens is 1. The summed E-state index contributed by atoms with van der Waals surface area (Å²) in [7, 11) is -3.16. The predicted octanol–water partition coefficient (Wildman–Crippen LogP) is 1.48. The zero-order valence-electron chi connectivity index (χ0n) is 14.1. The summed E-state index contributed by atoms with van der Waals surface area (Å²) in [6.45, 7) is 4.22. The van der Waals surface area contributed by atoms with Crippen molar-refractivity contribution in [1.29, 1.82) is 0 Å². The molecular weight excluding hydrogens is 348 g/mol. The average Bonchev–Trinajstić information content (AvgIpc) is 3.29. The number of aliphatic imine (C=N–C) groups is 1. The zero-order chi connectivity index (χ0) is 17.6. The maximum Gasteiger partial charge on any atom is 0.208 e. The lowest BCUT2D eigenvalue weighted by Crippen LogP contribution is -2.41. The van der Waals surface area contributed by atoms with Crippen molar-refractivity contribution in [3.63, 3.8) is 0 Å². The summed E-state index contributed by atoms with van der Waals surface area (Å²) in [5.74, 6) is 0.695. The second-order valence-electron chi connectivity index (χ2n) is 6.08. The van der Waals surface area contributed by atoms with Gasteiger partial charge in [0.15, 0.2) is 5.96 Å². The van der Waals surface area contributed by atoms with Gasteiger partial charge in [0.1, 0.15) is 0 Å². The lowest BCUT2D eigenvalue weighted by molar-refractivity contribution is 0.586. The maximum atomic E-state index is 11.1. The van der Waals surface area contributed by atoms with E-state index in [4.69, 9.17) is 11.6 Å². The molecule has 1 aromatic carbocycles. The maximum absolute atomic E-state index is 11.1. The summed E-state index contributed by atoms with van der Waals surface area (Å²) < 4.78 is 24.6. The molecule has 1 aromatic rings. The van der Waals surface area contributed by atoms with E-state index in [0.29, 0.717) is 25.6 Å². The molecule has 1 aliphatic rings. The van der Waals surface area contributed by atoms with Crippen LogP contribution in [0.1, 0.15) is 25.3 Å². The van der Waals surface area contributed by atoms with Gasteiger partial charge in [-0.15, -0.1) is 0 Å². The highest BCUT2D eigenvalue weighted by molar-refractivity contribution is 7.88. The highest BCUT2D eigenvalue weighted by atomic mass is 35.5. The summed E-state index contributed by atoms with van der Waals surface area (Å²) in [5, 5.41) is 7.07. The van der Waals surface area contributed by atoms with Gasteiger partial charge < -0.3 is 10.6 Å². The number of nitrogens with one attached hydrogen (secondary N) is 3. The van der Waals surface area contributed by atoms with Crippen molar-refractivity contribution in [2.75, 3.05) is 32.4 Å². The van der Waals surface area contributed by atoms with Crippen LogP contribution in [-0.4, -0.2) is 46.8 Å². The van der Waals surface area contributed by atoms with Crippen LogP contribution in [0.3, 0.4) is 0 Å². The highest BCUT2D eigenvalue weighted by Crippen LogP contribution is 2.48. The molecule has 0 spiro atoms. The van der Waals surface area contributed by atoms with E-state index in [9.17, 15) is 8.42 Å². The van der Waals surface area contributed by atoms with Crippen LogP contribution in [0.25, 0.3) is 0 Å². The van der Waals surface area contributed by atoms with Crippen molar-refractivity contribution in [2.24, 2.45) is 4.99 Å². The van der Waals surface area contributed by atoms with Crippen LogP contribution in [0.5, 0.6) is 0 Å². The van der Waals surface area contributed by atoms with Gasteiger partial charge in [-0.25, -0.2) is 13.1 Å². The van der Waals surface area contributed by atoms with Crippen molar-refractivity contribution in [2.45, 2.75) is 25.2 Å². The number of sulfonamides is 1. The van der Waals surface area contributed by atoms with Gasteiger partial charge in [0.05, 0.1) is 12.8 Å². The van der Waals surface area contributed by atoms with Crippen LogP contribution in [0, 0.1) is 0 Å². The fraction of sp³-hybridized carbons (Fsp3) is 0.562. The largest absolute Gasteiger partial charge is 0.357 e. The molecule has 0 unspecified atom stereocenters. The van der Waals surface area contributed by atoms with Crippen molar-refractivity contribution in [1.82, 2.24) is 15.4 Å². The lowest BCUT2D eigenvalue weighted by atomic mass is 9.96. The van der Waals surface area contributed by atoms with Crippen molar-refractivity contribution in [3.8, 4) is 0 Å². The fourth-order valence-corrected chi connectivity index (χ4v) is 3.16. The fourth-order valence-electron chi connectivity index (χ4n) is 2.50. The van der Waals surface area contributed by atoms with E-state index in [2.05, 4.69) is 26.4 Å². The van der Waals surface area contributed by atoms with Crippen LogP contribution in [0.15, 0.2) is 29.3 Å². The molecule has 0 bridgehead atoms. The van der Waals surface area contributed by atoms with Gasteiger partial charge >= 0.3 is 0 Å².